The third-order valence-electron chi connectivity index (χ3n) is 4.82. The summed E-state index contributed by atoms with van der Waals surface area (Å²) in [5, 5.41) is 5.52. The van der Waals surface area contributed by atoms with Gasteiger partial charge in [0.15, 0.2) is 0 Å². The van der Waals surface area contributed by atoms with E-state index < -0.39 is 17.8 Å². The molecule has 0 fully saturated rings. The van der Waals surface area contributed by atoms with Gasteiger partial charge in [0, 0.05) is 23.5 Å². The summed E-state index contributed by atoms with van der Waals surface area (Å²) in [6, 6.07) is 16.5. The Morgan fingerprint density at radius 2 is 1.65 bits per heavy atom. The third kappa shape index (κ3) is 5.88. The van der Waals surface area contributed by atoms with E-state index in [9.17, 15) is 18.8 Å². The molecular formula is C24H24FN3O3. The first-order valence-electron chi connectivity index (χ1n) is 9.95. The average Bonchev–Trinajstić information content (AvgIpc) is 2.75. The fourth-order valence-electron chi connectivity index (χ4n) is 3.06. The number of halogens is 1. The van der Waals surface area contributed by atoms with Gasteiger partial charge in [0.1, 0.15) is 11.9 Å². The summed E-state index contributed by atoms with van der Waals surface area (Å²) in [4.78, 5) is 37.0. The number of nitrogens with one attached hydrogen (secondary N) is 2. The number of hydrogen-bond donors (Lipinski definition) is 2. The highest BCUT2D eigenvalue weighted by Crippen LogP contribution is 2.13. The second-order valence-corrected chi connectivity index (χ2v) is 7.55. The predicted octanol–water partition coefficient (Wildman–Crippen LogP) is 3.43. The highest BCUT2D eigenvalue weighted by Gasteiger charge is 2.24. The van der Waals surface area contributed by atoms with Gasteiger partial charge in [-0.1, -0.05) is 32.0 Å². The Balaban J connectivity index is 1.65. The van der Waals surface area contributed by atoms with Gasteiger partial charge in [-0.3, -0.25) is 14.4 Å². The van der Waals surface area contributed by atoms with Crippen molar-refractivity contribution in [2.24, 2.45) is 5.92 Å². The maximum atomic E-state index is 13.1. The molecule has 2 amide bonds. The van der Waals surface area contributed by atoms with Crippen LogP contribution in [-0.2, 0) is 11.3 Å². The minimum Gasteiger partial charge on any atom is -0.340 e. The maximum absolute atomic E-state index is 13.1. The number of carbonyl (C=O) groups excluding carboxylic acids is 2. The minimum atomic E-state index is -0.764. The Bertz CT molecular complexity index is 1110. The highest BCUT2D eigenvalue weighted by molar-refractivity contribution is 6.01. The zero-order valence-electron chi connectivity index (χ0n) is 17.3. The van der Waals surface area contributed by atoms with Crippen LogP contribution in [0.15, 0.2) is 77.7 Å². The van der Waals surface area contributed by atoms with Gasteiger partial charge in [0.25, 0.3) is 11.5 Å². The van der Waals surface area contributed by atoms with Crippen LogP contribution in [0.2, 0.25) is 0 Å². The largest absolute Gasteiger partial charge is 0.340 e. The molecule has 0 saturated heterocycles. The summed E-state index contributed by atoms with van der Waals surface area (Å²) in [5.41, 5.74) is 1.68. The first kappa shape index (κ1) is 22.0. The molecule has 0 aliphatic heterocycles. The number of anilines is 1. The van der Waals surface area contributed by atoms with E-state index >= 15 is 0 Å². The van der Waals surface area contributed by atoms with E-state index in [4.69, 9.17) is 0 Å². The number of benzene rings is 2. The number of rotatable bonds is 7. The number of amides is 2. The van der Waals surface area contributed by atoms with Crippen molar-refractivity contribution in [3.05, 3.63) is 100 Å². The van der Waals surface area contributed by atoms with E-state index in [1.54, 1.807) is 35.0 Å². The van der Waals surface area contributed by atoms with Crippen molar-refractivity contribution in [3.8, 4) is 0 Å². The number of hydrogen-bond acceptors (Lipinski definition) is 3. The Labute approximate surface area is 179 Å². The molecule has 2 N–H and O–H groups in total. The molecule has 0 aliphatic carbocycles. The average molecular weight is 421 g/mol. The predicted molar refractivity (Wildman–Crippen MR) is 117 cm³/mol. The first-order valence-corrected chi connectivity index (χ1v) is 9.95. The van der Waals surface area contributed by atoms with Crippen LogP contribution in [-0.4, -0.2) is 22.4 Å². The van der Waals surface area contributed by atoms with Crippen LogP contribution in [0.25, 0.3) is 0 Å². The molecule has 6 nitrogen and oxygen atoms in total. The number of carbonyl (C=O) groups is 2. The van der Waals surface area contributed by atoms with Crippen LogP contribution in [0.4, 0.5) is 10.1 Å². The molecule has 0 saturated carbocycles. The van der Waals surface area contributed by atoms with E-state index in [0.29, 0.717) is 12.2 Å². The normalized spacial score (nSPS) is 11.7. The van der Waals surface area contributed by atoms with Gasteiger partial charge < -0.3 is 15.2 Å². The summed E-state index contributed by atoms with van der Waals surface area (Å²) < 4.78 is 14.7. The van der Waals surface area contributed by atoms with E-state index in [1.807, 2.05) is 26.0 Å². The Hall–Kier alpha value is -3.74. The van der Waals surface area contributed by atoms with Crippen molar-refractivity contribution >= 4 is 17.5 Å². The third-order valence-corrected chi connectivity index (χ3v) is 4.82. The molecule has 3 aromatic rings. The number of nitrogens with zero attached hydrogens (tertiary/aromatic N) is 1. The van der Waals surface area contributed by atoms with Gasteiger partial charge in [-0.05, 0) is 53.9 Å². The maximum Gasteiger partial charge on any atom is 0.251 e. The van der Waals surface area contributed by atoms with Crippen molar-refractivity contribution in [2.75, 3.05) is 5.32 Å². The quantitative estimate of drug-likeness (QED) is 0.613. The second-order valence-electron chi connectivity index (χ2n) is 7.55. The van der Waals surface area contributed by atoms with Crippen molar-refractivity contribution in [3.63, 3.8) is 0 Å². The van der Waals surface area contributed by atoms with Crippen molar-refractivity contribution < 1.29 is 14.0 Å². The van der Waals surface area contributed by atoms with Crippen LogP contribution in [0.1, 0.15) is 29.8 Å². The van der Waals surface area contributed by atoms with Gasteiger partial charge in [-0.2, -0.15) is 0 Å². The highest BCUT2D eigenvalue weighted by atomic mass is 19.1. The van der Waals surface area contributed by atoms with Crippen molar-refractivity contribution in [1.29, 1.82) is 0 Å². The minimum absolute atomic E-state index is 0.0865. The lowest BCUT2D eigenvalue weighted by Crippen LogP contribution is -2.47. The zero-order chi connectivity index (χ0) is 22.4. The molecule has 0 aliphatic rings. The molecule has 31 heavy (non-hydrogen) atoms. The molecule has 0 radical (unpaired) electrons. The summed E-state index contributed by atoms with van der Waals surface area (Å²) in [7, 11) is 0. The van der Waals surface area contributed by atoms with Gasteiger partial charge in [-0.15, -0.1) is 0 Å². The molecule has 1 atom stereocenters. The smallest absolute Gasteiger partial charge is 0.251 e. The molecule has 0 spiro atoms. The van der Waals surface area contributed by atoms with Crippen LogP contribution in [0.3, 0.4) is 0 Å². The van der Waals surface area contributed by atoms with E-state index in [0.717, 1.165) is 5.56 Å². The lowest BCUT2D eigenvalue weighted by Gasteiger charge is -2.22. The zero-order valence-corrected chi connectivity index (χ0v) is 17.3. The van der Waals surface area contributed by atoms with Crippen molar-refractivity contribution in [2.45, 2.75) is 26.4 Å². The lowest BCUT2D eigenvalue weighted by atomic mass is 10.0. The Kier molecular flexibility index (Phi) is 6.97. The topological polar surface area (TPSA) is 80.2 Å². The molecule has 1 heterocycles. The second kappa shape index (κ2) is 9.84. The summed E-state index contributed by atoms with van der Waals surface area (Å²) in [5.74, 6) is -1.39. The van der Waals surface area contributed by atoms with Crippen LogP contribution < -0.4 is 16.2 Å². The van der Waals surface area contributed by atoms with Crippen LogP contribution in [0, 0.1) is 11.7 Å². The van der Waals surface area contributed by atoms with E-state index in [2.05, 4.69) is 10.6 Å². The Morgan fingerprint density at radius 1 is 0.968 bits per heavy atom. The van der Waals surface area contributed by atoms with E-state index in [-0.39, 0.29) is 22.9 Å². The van der Waals surface area contributed by atoms with Gasteiger partial charge in [0.2, 0.25) is 5.91 Å². The van der Waals surface area contributed by atoms with Crippen LogP contribution >= 0.6 is 0 Å². The summed E-state index contributed by atoms with van der Waals surface area (Å²) in [6.45, 7) is 4.09. The molecular weight excluding hydrogens is 397 g/mol. The summed E-state index contributed by atoms with van der Waals surface area (Å²) >= 11 is 0. The Morgan fingerprint density at radius 3 is 2.26 bits per heavy atom. The molecule has 160 valence electrons. The van der Waals surface area contributed by atoms with Crippen LogP contribution in [0.5, 0.6) is 0 Å². The van der Waals surface area contributed by atoms with Gasteiger partial charge >= 0.3 is 0 Å². The lowest BCUT2D eigenvalue weighted by molar-refractivity contribution is -0.118. The molecule has 2 aromatic carbocycles. The molecule has 1 aromatic heterocycles. The van der Waals surface area contributed by atoms with Gasteiger partial charge in [0.05, 0.1) is 6.54 Å². The molecule has 0 unspecified atom stereocenters. The molecule has 0 bridgehead atoms. The standard InChI is InChI=1S/C24H24FN3O3/c1-16(2)22(27-23(30)18-8-10-19(25)11-9-18)24(31)26-20-12-6-17(7-13-20)15-28-14-4-3-5-21(28)29/h3-14,16,22H,15H2,1-2H3,(H,26,31)(H,27,30)/t22-/m1/s1. The van der Waals surface area contributed by atoms with Gasteiger partial charge in [-0.25, -0.2) is 4.39 Å². The first-order chi connectivity index (χ1) is 14.8. The van der Waals surface area contributed by atoms with E-state index in [1.165, 1.54) is 30.3 Å². The SMILES string of the molecule is CC(C)[C@@H](NC(=O)c1ccc(F)cc1)C(=O)Nc1ccc(Cn2ccccc2=O)cc1. The molecule has 7 heteroatoms. The summed E-state index contributed by atoms with van der Waals surface area (Å²) in [6.07, 6.45) is 1.72. The number of aromatic nitrogens is 1. The van der Waals surface area contributed by atoms with Crippen molar-refractivity contribution in [1.82, 2.24) is 9.88 Å². The fraction of sp³-hybridized carbons (Fsp3) is 0.208. The molecule has 3 rings (SSSR count). The fourth-order valence-corrected chi connectivity index (χ4v) is 3.06. The monoisotopic (exact) mass is 421 g/mol. The number of pyridine rings is 1.